The molecule has 0 atom stereocenters. The molecule has 3 heteroatoms. The second kappa shape index (κ2) is 6.42. The molecule has 1 nitrogen and oxygen atoms in total. The van der Waals surface area contributed by atoms with E-state index in [4.69, 9.17) is 0 Å². The monoisotopic (exact) mass is 287 g/mol. The van der Waals surface area contributed by atoms with E-state index in [1.165, 1.54) is 23.3 Å². The van der Waals surface area contributed by atoms with Gasteiger partial charge >= 0.3 is 0 Å². The summed E-state index contributed by atoms with van der Waals surface area (Å²) < 4.78 is 12.8. The van der Waals surface area contributed by atoms with Gasteiger partial charge in [-0.25, -0.2) is 4.39 Å². The fourth-order valence-electron chi connectivity index (χ4n) is 2.57. The number of halogens is 1. The van der Waals surface area contributed by atoms with Gasteiger partial charge in [0, 0.05) is 30.3 Å². The molecule has 2 aromatic carbocycles. The normalized spacial score (nSPS) is 15.1. The second-order valence-corrected chi connectivity index (χ2v) is 6.27. The van der Waals surface area contributed by atoms with Gasteiger partial charge in [0.15, 0.2) is 0 Å². The van der Waals surface area contributed by atoms with E-state index in [9.17, 15) is 4.39 Å². The quantitative estimate of drug-likeness (QED) is 0.783. The van der Waals surface area contributed by atoms with E-state index in [1.807, 2.05) is 12.1 Å². The predicted molar refractivity (Wildman–Crippen MR) is 82.5 cm³/mol. The third kappa shape index (κ3) is 3.41. The van der Waals surface area contributed by atoms with E-state index in [0.29, 0.717) is 0 Å². The van der Waals surface area contributed by atoms with Crippen molar-refractivity contribution in [1.82, 2.24) is 4.90 Å². The molecule has 0 saturated heterocycles. The molecular formula is C17H18FNS. The van der Waals surface area contributed by atoms with E-state index >= 15 is 0 Å². The van der Waals surface area contributed by atoms with Crippen molar-refractivity contribution in [3.8, 4) is 0 Å². The van der Waals surface area contributed by atoms with Crippen LogP contribution in [-0.4, -0.2) is 23.7 Å². The Morgan fingerprint density at radius 2 is 1.75 bits per heavy atom. The zero-order valence-corrected chi connectivity index (χ0v) is 12.2. The van der Waals surface area contributed by atoms with Gasteiger partial charge in [0.05, 0.1) is 0 Å². The Morgan fingerprint density at radius 1 is 1.00 bits per heavy atom. The average Bonchev–Trinajstić information content (AvgIpc) is 2.49. The molecule has 104 valence electrons. The van der Waals surface area contributed by atoms with Crippen LogP contribution in [0.5, 0.6) is 0 Å². The molecule has 0 aromatic heterocycles. The van der Waals surface area contributed by atoms with Crippen molar-refractivity contribution in [2.24, 2.45) is 0 Å². The summed E-state index contributed by atoms with van der Waals surface area (Å²) in [6, 6.07) is 15.5. The first-order valence-electron chi connectivity index (χ1n) is 6.99. The van der Waals surface area contributed by atoms with E-state index < -0.39 is 0 Å². The van der Waals surface area contributed by atoms with Gasteiger partial charge in [-0.15, -0.1) is 11.8 Å². The highest BCUT2D eigenvalue weighted by Gasteiger charge is 2.14. The van der Waals surface area contributed by atoms with Crippen LogP contribution in [0.3, 0.4) is 0 Å². The van der Waals surface area contributed by atoms with Crippen molar-refractivity contribution in [1.29, 1.82) is 0 Å². The summed E-state index contributed by atoms with van der Waals surface area (Å²) in [5, 5.41) is 0. The highest BCUT2D eigenvalue weighted by Crippen LogP contribution is 2.21. The van der Waals surface area contributed by atoms with Crippen LogP contribution in [-0.2, 0) is 13.0 Å². The summed E-state index contributed by atoms with van der Waals surface area (Å²) in [7, 11) is 0. The maximum Gasteiger partial charge on any atom is 0.123 e. The molecule has 0 spiro atoms. The van der Waals surface area contributed by atoms with Crippen LogP contribution in [0.4, 0.5) is 4.39 Å². The topological polar surface area (TPSA) is 3.24 Å². The van der Waals surface area contributed by atoms with Gasteiger partial charge in [0.2, 0.25) is 0 Å². The number of thioether (sulfide) groups is 1. The number of nitrogens with zero attached hydrogens (tertiary/aromatic N) is 1. The van der Waals surface area contributed by atoms with Crippen molar-refractivity contribution < 1.29 is 4.39 Å². The summed E-state index contributed by atoms with van der Waals surface area (Å²) in [6.07, 6.45) is 1.15. The Bertz CT molecular complexity index is 567. The highest BCUT2D eigenvalue weighted by molar-refractivity contribution is 7.99. The highest BCUT2D eigenvalue weighted by atomic mass is 32.2. The van der Waals surface area contributed by atoms with Crippen LogP contribution in [0.25, 0.3) is 0 Å². The first-order valence-corrected chi connectivity index (χ1v) is 7.97. The molecule has 1 aliphatic heterocycles. The van der Waals surface area contributed by atoms with Crippen molar-refractivity contribution in [2.45, 2.75) is 17.9 Å². The fourth-order valence-corrected chi connectivity index (χ4v) is 3.48. The van der Waals surface area contributed by atoms with Crippen molar-refractivity contribution in [2.75, 3.05) is 18.8 Å². The minimum absolute atomic E-state index is 0.165. The molecule has 0 saturated carbocycles. The van der Waals surface area contributed by atoms with E-state index in [2.05, 4.69) is 29.2 Å². The van der Waals surface area contributed by atoms with Crippen molar-refractivity contribution in [3.63, 3.8) is 0 Å². The van der Waals surface area contributed by atoms with Crippen LogP contribution in [0.2, 0.25) is 0 Å². The van der Waals surface area contributed by atoms with Crippen molar-refractivity contribution in [3.05, 3.63) is 65.5 Å². The van der Waals surface area contributed by atoms with E-state index in [0.717, 1.165) is 36.7 Å². The maximum atomic E-state index is 12.8. The molecule has 20 heavy (non-hydrogen) atoms. The third-order valence-corrected chi connectivity index (χ3v) is 4.69. The van der Waals surface area contributed by atoms with Gasteiger partial charge in [-0.1, -0.05) is 24.3 Å². The smallest absolute Gasteiger partial charge is 0.123 e. The molecule has 0 bridgehead atoms. The van der Waals surface area contributed by atoms with Gasteiger partial charge in [-0.2, -0.15) is 0 Å². The number of fused-ring (bicyclic) bond motifs is 1. The first-order chi connectivity index (χ1) is 9.81. The zero-order chi connectivity index (χ0) is 13.8. The molecular weight excluding hydrogens is 269 g/mol. The number of hydrogen-bond donors (Lipinski definition) is 0. The summed E-state index contributed by atoms with van der Waals surface area (Å²) in [5.41, 5.74) is 2.96. The lowest BCUT2D eigenvalue weighted by Gasteiger charge is -2.28. The molecule has 0 radical (unpaired) electrons. The number of rotatable bonds is 4. The second-order valence-electron chi connectivity index (χ2n) is 5.10. The SMILES string of the molecule is Fc1ccc(SCCN2CCc3ccccc3C2)cc1. The average molecular weight is 287 g/mol. The van der Waals surface area contributed by atoms with E-state index in [-0.39, 0.29) is 5.82 Å². The van der Waals surface area contributed by atoms with Gasteiger partial charge in [0.25, 0.3) is 0 Å². The Hall–Kier alpha value is -1.32. The molecule has 2 aromatic rings. The number of benzene rings is 2. The summed E-state index contributed by atoms with van der Waals surface area (Å²) in [6.45, 7) is 3.28. The maximum absolute atomic E-state index is 12.8. The predicted octanol–water partition coefficient (Wildman–Crippen LogP) is 3.98. The molecule has 0 N–H and O–H groups in total. The van der Waals surface area contributed by atoms with Crippen LogP contribution in [0.1, 0.15) is 11.1 Å². The van der Waals surface area contributed by atoms with Gasteiger partial charge in [0.1, 0.15) is 5.82 Å². The largest absolute Gasteiger partial charge is 0.298 e. The Labute approximate surface area is 123 Å². The standard InChI is InChI=1S/C17H18FNS/c18-16-5-7-17(8-6-16)20-12-11-19-10-9-14-3-1-2-4-15(14)13-19/h1-8H,9-13H2. The minimum Gasteiger partial charge on any atom is -0.298 e. The van der Waals surface area contributed by atoms with Gasteiger partial charge in [-0.3, -0.25) is 4.90 Å². The van der Waals surface area contributed by atoms with E-state index in [1.54, 1.807) is 11.8 Å². The lowest BCUT2D eigenvalue weighted by molar-refractivity contribution is 0.270. The van der Waals surface area contributed by atoms with Crippen molar-refractivity contribution >= 4 is 11.8 Å². The minimum atomic E-state index is -0.165. The van der Waals surface area contributed by atoms with Gasteiger partial charge in [-0.05, 0) is 41.8 Å². The Balaban J connectivity index is 1.49. The molecule has 1 heterocycles. The van der Waals surface area contributed by atoms with Crippen LogP contribution >= 0.6 is 11.8 Å². The molecule has 0 amide bonds. The Kier molecular flexibility index (Phi) is 4.38. The molecule has 0 aliphatic carbocycles. The van der Waals surface area contributed by atoms with Crippen LogP contribution in [0.15, 0.2) is 53.4 Å². The number of hydrogen-bond acceptors (Lipinski definition) is 2. The summed E-state index contributed by atoms with van der Waals surface area (Å²) in [5.74, 6) is 0.885. The zero-order valence-electron chi connectivity index (χ0n) is 11.4. The van der Waals surface area contributed by atoms with Crippen LogP contribution in [0, 0.1) is 5.82 Å². The molecule has 1 aliphatic rings. The summed E-state index contributed by atoms with van der Waals surface area (Å²) >= 11 is 1.80. The molecule has 0 unspecified atom stereocenters. The van der Waals surface area contributed by atoms with Gasteiger partial charge < -0.3 is 0 Å². The molecule has 0 fully saturated rings. The van der Waals surface area contributed by atoms with Crippen LogP contribution < -0.4 is 0 Å². The fraction of sp³-hybridized carbons (Fsp3) is 0.294. The lowest BCUT2D eigenvalue weighted by Crippen LogP contribution is -2.32. The first kappa shape index (κ1) is 13.7. The Morgan fingerprint density at radius 3 is 2.55 bits per heavy atom. The molecule has 3 rings (SSSR count). The third-order valence-electron chi connectivity index (χ3n) is 3.70. The lowest BCUT2D eigenvalue weighted by atomic mass is 10.0. The summed E-state index contributed by atoms with van der Waals surface area (Å²) in [4.78, 5) is 3.64.